The summed E-state index contributed by atoms with van der Waals surface area (Å²) in [4.78, 5) is 16.7. The maximum Gasteiger partial charge on any atom is 0.321 e. The third-order valence-electron chi connectivity index (χ3n) is 8.51. The summed E-state index contributed by atoms with van der Waals surface area (Å²) in [5.41, 5.74) is 3.00. The van der Waals surface area contributed by atoms with Crippen molar-refractivity contribution >= 4 is 5.97 Å². The number of methoxy groups -OCH3 is 1. The van der Waals surface area contributed by atoms with Gasteiger partial charge in [-0.1, -0.05) is 26.8 Å². The van der Waals surface area contributed by atoms with E-state index in [1.54, 1.807) is 7.11 Å². The first-order valence-corrected chi connectivity index (χ1v) is 12.1. The molecule has 2 aliphatic carbocycles. The van der Waals surface area contributed by atoms with E-state index in [-0.39, 0.29) is 11.3 Å². The molecular weight excluding hydrogens is 388 g/mol. The highest BCUT2D eigenvalue weighted by Crippen LogP contribution is 2.52. The lowest BCUT2D eigenvalue weighted by atomic mass is 9.56. The summed E-state index contributed by atoms with van der Waals surface area (Å²) in [6, 6.07) is 6.80. The summed E-state index contributed by atoms with van der Waals surface area (Å²) in [7, 11) is 3.73. The van der Waals surface area contributed by atoms with Crippen LogP contribution in [0.15, 0.2) is 18.2 Å². The van der Waals surface area contributed by atoms with E-state index < -0.39 is 12.0 Å². The third-order valence-corrected chi connectivity index (χ3v) is 8.51. The second kappa shape index (κ2) is 8.74. The van der Waals surface area contributed by atoms with E-state index >= 15 is 0 Å². The molecule has 5 nitrogen and oxygen atoms in total. The Morgan fingerprint density at radius 3 is 2.71 bits per heavy atom. The summed E-state index contributed by atoms with van der Waals surface area (Å²) < 4.78 is 5.61. The first-order valence-electron chi connectivity index (χ1n) is 12.1. The van der Waals surface area contributed by atoms with Crippen LogP contribution in [0.5, 0.6) is 5.75 Å². The van der Waals surface area contributed by atoms with Crippen LogP contribution in [0.2, 0.25) is 0 Å². The van der Waals surface area contributed by atoms with Gasteiger partial charge in [-0.2, -0.15) is 0 Å². The van der Waals surface area contributed by atoms with Gasteiger partial charge in [0.15, 0.2) is 0 Å². The van der Waals surface area contributed by atoms with Crippen LogP contribution < -0.4 is 4.74 Å². The van der Waals surface area contributed by atoms with Crippen LogP contribution in [0.25, 0.3) is 0 Å². The number of aliphatic carboxylic acids is 1. The van der Waals surface area contributed by atoms with Gasteiger partial charge in [-0.15, -0.1) is 0 Å². The molecule has 0 unspecified atom stereocenters. The Kier molecular flexibility index (Phi) is 6.37. The second-order valence-electron chi connectivity index (χ2n) is 10.7. The summed E-state index contributed by atoms with van der Waals surface area (Å²) in [6.07, 6.45) is 6.05. The minimum atomic E-state index is -0.717. The van der Waals surface area contributed by atoms with Gasteiger partial charge >= 0.3 is 5.97 Å². The highest BCUT2D eigenvalue weighted by molar-refractivity contribution is 5.73. The van der Waals surface area contributed by atoms with Crippen molar-refractivity contribution in [3.05, 3.63) is 29.3 Å². The zero-order valence-electron chi connectivity index (χ0n) is 19.9. The molecule has 2 bridgehead atoms. The number of likely N-dealkylation sites (N-methyl/N-ethyl adjacent to an activating group) is 1. The van der Waals surface area contributed by atoms with Crippen molar-refractivity contribution in [2.24, 2.45) is 17.8 Å². The lowest BCUT2D eigenvalue weighted by Gasteiger charge is -2.56. The Morgan fingerprint density at radius 2 is 2.10 bits per heavy atom. The SMILES string of the molecule is COc1ccc2c(c1)[C@@]1(CCN(C)[C@H](C(=O)O)C(C)C)CCN(CC3CC3)[C@@H](C2)[C@H]1C. The van der Waals surface area contributed by atoms with Crippen LogP contribution in [0.1, 0.15) is 57.6 Å². The van der Waals surface area contributed by atoms with E-state index in [0.29, 0.717) is 12.0 Å². The van der Waals surface area contributed by atoms with Crippen molar-refractivity contribution in [2.75, 3.05) is 33.8 Å². The Hall–Kier alpha value is -1.59. The van der Waals surface area contributed by atoms with Crippen molar-refractivity contribution in [1.29, 1.82) is 0 Å². The molecule has 0 amide bonds. The molecule has 5 heteroatoms. The fraction of sp³-hybridized carbons (Fsp3) is 0.731. The summed E-state index contributed by atoms with van der Waals surface area (Å²) in [5, 5.41) is 9.76. The molecule has 0 aromatic heterocycles. The molecule has 3 aliphatic rings. The number of fused-ring (bicyclic) bond motifs is 4. The van der Waals surface area contributed by atoms with Crippen LogP contribution in [-0.2, 0) is 16.6 Å². The molecule has 31 heavy (non-hydrogen) atoms. The van der Waals surface area contributed by atoms with Crippen molar-refractivity contribution in [3.8, 4) is 5.75 Å². The summed E-state index contributed by atoms with van der Waals surface area (Å²) in [6.45, 7) is 9.66. The average molecular weight is 429 g/mol. The van der Waals surface area contributed by atoms with Gasteiger partial charge in [-0.25, -0.2) is 0 Å². The number of likely N-dealkylation sites (tertiary alicyclic amines) is 1. The Balaban J connectivity index is 1.63. The molecule has 1 saturated carbocycles. The summed E-state index contributed by atoms with van der Waals surface area (Å²) >= 11 is 0. The molecule has 1 aliphatic heterocycles. The van der Waals surface area contributed by atoms with E-state index in [9.17, 15) is 9.90 Å². The molecule has 172 valence electrons. The van der Waals surface area contributed by atoms with Gasteiger partial charge in [-0.3, -0.25) is 14.6 Å². The van der Waals surface area contributed by atoms with E-state index in [1.165, 1.54) is 30.5 Å². The first kappa shape index (κ1) is 22.6. The molecule has 4 atom stereocenters. The number of hydrogen-bond acceptors (Lipinski definition) is 4. The van der Waals surface area contributed by atoms with Crippen molar-refractivity contribution in [1.82, 2.24) is 9.80 Å². The second-order valence-corrected chi connectivity index (χ2v) is 10.7. The van der Waals surface area contributed by atoms with Gasteiger partial charge in [0.2, 0.25) is 0 Å². The molecular formula is C26H40N2O3. The predicted octanol–water partition coefficient (Wildman–Crippen LogP) is 4.04. The number of piperidine rings is 1. The number of ether oxygens (including phenoxy) is 1. The number of rotatable bonds is 9. The van der Waals surface area contributed by atoms with Gasteiger partial charge in [0, 0.05) is 18.0 Å². The van der Waals surface area contributed by atoms with Gasteiger partial charge in [0.25, 0.3) is 0 Å². The van der Waals surface area contributed by atoms with Crippen LogP contribution in [0, 0.1) is 17.8 Å². The van der Waals surface area contributed by atoms with E-state index in [4.69, 9.17) is 4.74 Å². The smallest absolute Gasteiger partial charge is 0.321 e. The van der Waals surface area contributed by atoms with Crippen LogP contribution in [-0.4, -0.2) is 66.8 Å². The zero-order valence-corrected chi connectivity index (χ0v) is 19.9. The lowest BCUT2D eigenvalue weighted by molar-refractivity contribution is -0.144. The quantitative estimate of drug-likeness (QED) is 0.643. The molecule has 0 spiro atoms. The van der Waals surface area contributed by atoms with Gasteiger partial charge in [0.05, 0.1) is 7.11 Å². The lowest BCUT2D eigenvalue weighted by Crippen LogP contribution is -2.60. The number of benzene rings is 1. The van der Waals surface area contributed by atoms with Crippen molar-refractivity contribution in [3.63, 3.8) is 0 Å². The van der Waals surface area contributed by atoms with Crippen molar-refractivity contribution in [2.45, 2.75) is 70.4 Å². The molecule has 2 fully saturated rings. The van der Waals surface area contributed by atoms with E-state index in [1.807, 2.05) is 20.9 Å². The average Bonchev–Trinajstić information content (AvgIpc) is 3.53. The maximum absolute atomic E-state index is 11.9. The monoisotopic (exact) mass is 428 g/mol. The molecule has 4 rings (SSSR count). The van der Waals surface area contributed by atoms with E-state index in [0.717, 1.165) is 44.0 Å². The normalized spacial score (nSPS) is 29.1. The van der Waals surface area contributed by atoms with Crippen LogP contribution in [0.4, 0.5) is 0 Å². The van der Waals surface area contributed by atoms with Crippen LogP contribution >= 0.6 is 0 Å². The van der Waals surface area contributed by atoms with Gasteiger partial charge in [0.1, 0.15) is 11.8 Å². The largest absolute Gasteiger partial charge is 0.497 e. The highest BCUT2D eigenvalue weighted by Gasteiger charge is 2.51. The maximum atomic E-state index is 11.9. The topological polar surface area (TPSA) is 53.0 Å². The fourth-order valence-electron chi connectivity index (χ4n) is 6.50. The number of carboxylic acids is 1. The third kappa shape index (κ3) is 4.23. The standard InChI is InChI=1S/C26H40N2O3/c1-17(2)24(25(29)30)27(4)12-10-26-11-13-28(16-19-6-7-19)23(18(26)3)14-20-8-9-21(31-5)15-22(20)26/h8-9,15,17-19,23-24H,6-7,10-14,16H2,1-5H3,(H,29,30)/t18-,23+,24+,26+/m1/s1. The number of carbonyl (C=O) groups is 1. The van der Waals surface area contributed by atoms with Crippen molar-refractivity contribution < 1.29 is 14.6 Å². The fourth-order valence-corrected chi connectivity index (χ4v) is 6.50. The van der Waals surface area contributed by atoms with Gasteiger partial charge in [-0.05, 0) is 93.3 Å². The Labute approximate surface area is 187 Å². The first-order chi connectivity index (χ1) is 14.8. The number of carboxylic acid groups (broad SMARTS) is 1. The number of hydrogen-bond donors (Lipinski definition) is 1. The minimum absolute atomic E-state index is 0.0845. The zero-order chi connectivity index (χ0) is 22.3. The molecule has 1 heterocycles. The Bertz CT molecular complexity index is 806. The minimum Gasteiger partial charge on any atom is -0.497 e. The number of nitrogens with zero attached hydrogens (tertiary/aromatic N) is 2. The molecule has 1 aromatic carbocycles. The van der Waals surface area contributed by atoms with Crippen LogP contribution in [0.3, 0.4) is 0 Å². The molecule has 1 N–H and O–H groups in total. The van der Waals surface area contributed by atoms with Gasteiger partial charge < -0.3 is 9.84 Å². The molecule has 1 saturated heterocycles. The Morgan fingerprint density at radius 1 is 1.35 bits per heavy atom. The highest BCUT2D eigenvalue weighted by atomic mass is 16.5. The summed E-state index contributed by atoms with van der Waals surface area (Å²) in [5.74, 6) is 1.76. The molecule has 0 radical (unpaired) electrons. The predicted molar refractivity (Wildman–Crippen MR) is 124 cm³/mol. The van der Waals surface area contributed by atoms with E-state index in [2.05, 4.69) is 34.9 Å². The molecule has 1 aromatic rings.